The summed E-state index contributed by atoms with van der Waals surface area (Å²) < 4.78 is 21.1. The van der Waals surface area contributed by atoms with Gasteiger partial charge in [0.15, 0.2) is 0 Å². The van der Waals surface area contributed by atoms with Gasteiger partial charge in [-0.2, -0.15) is 0 Å². The zero-order chi connectivity index (χ0) is 31.7. The Morgan fingerprint density at radius 3 is 2.39 bits per heavy atom. The van der Waals surface area contributed by atoms with Crippen LogP contribution < -0.4 is 15.4 Å². The number of aliphatic hydroxyl groups excluding tert-OH is 1. The molecule has 3 aromatic rings. The van der Waals surface area contributed by atoms with Crippen LogP contribution in [0.15, 0.2) is 48.5 Å². The number of hydrogen-bond donors (Lipinski definition) is 3. The molecular formula is C34H39FN4O5. The quantitative estimate of drug-likeness (QED) is 0.318. The molecule has 4 amide bonds. The third-order valence-corrected chi connectivity index (χ3v) is 8.94. The summed E-state index contributed by atoms with van der Waals surface area (Å²) in [6.45, 7) is 4.13. The molecule has 2 fully saturated rings. The Kier molecular flexibility index (Phi) is 9.03. The van der Waals surface area contributed by atoms with Gasteiger partial charge in [0, 0.05) is 44.5 Å². The molecule has 1 aliphatic carbocycles. The first-order valence-corrected chi connectivity index (χ1v) is 14.8. The summed E-state index contributed by atoms with van der Waals surface area (Å²) >= 11 is 0. The predicted octanol–water partition coefficient (Wildman–Crippen LogP) is 4.87. The highest BCUT2D eigenvalue weighted by atomic mass is 19.1. The van der Waals surface area contributed by atoms with Gasteiger partial charge in [0.25, 0.3) is 0 Å². The van der Waals surface area contributed by atoms with Crippen LogP contribution in [0.5, 0.6) is 5.75 Å². The summed E-state index contributed by atoms with van der Waals surface area (Å²) in [4.78, 5) is 40.3. The average molecular weight is 603 g/mol. The van der Waals surface area contributed by atoms with Gasteiger partial charge < -0.3 is 25.4 Å². The molecule has 0 radical (unpaired) electrons. The lowest BCUT2D eigenvalue weighted by Crippen LogP contribution is -2.56. The summed E-state index contributed by atoms with van der Waals surface area (Å²) in [7, 11) is 4.45. The second-order valence-electron chi connectivity index (χ2n) is 11.7. The molecule has 0 bridgehead atoms. The van der Waals surface area contributed by atoms with E-state index in [9.17, 15) is 19.5 Å². The molecule has 1 saturated carbocycles. The topological polar surface area (TPSA) is 111 Å². The molecule has 0 aromatic heterocycles. The standard InChI is InChI=1S/C34H39FN4O5/c1-19-22(21-15-27(35)25(31(16-21)44-5)17-36-29-13-8-14-30(29)40)9-6-10-23(19)24-11-7-12-28(20(24)2)37-32(41)26-18-38(3)34(43)39(4)33(26)42/h6-7,9-12,15-16,26,29-30,36,40H,8,13-14,17-18H2,1-5H3,(H,37,41)/t26?,29-,30-/m0/s1. The minimum absolute atomic E-state index is 0.00510. The molecule has 44 heavy (non-hydrogen) atoms. The van der Waals surface area contributed by atoms with Crippen molar-refractivity contribution in [3.8, 4) is 28.0 Å². The minimum Gasteiger partial charge on any atom is -0.496 e. The molecule has 10 heteroatoms. The summed E-state index contributed by atoms with van der Waals surface area (Å²) in [6.07, 6.45) is 2.12. The van der Waals surface area contributed by atoms with E-state index in [2.05, 4.69) is 10.6 Å². The van der Waals surface area contributed by atoms with Gasteiger partial charge in [-0.3, -0.25) is 14.5 Å². The van der Waals surface area contributed by atoms with Crippen LogP contribution >= 0.6 is 0 Å². The van der Waals surface area contributed by atoms with Crippen molar-refractivity contribution in [1.29, 1.82) is 0 Å². The van der Waals surface area contributed by atoms with Crippen molar-refractivity contribution >= 4 is 23.5 Å². The Bertz CT molecular complexity index is 1610. The molecule has 1 saturated heterocycles. The Labute approximate surface area is 257 Å². The van der Waals surface area contributed by atoms with E-state index in [1.54, 1.807) is 13.1 Å². The average Bonchev–Trinajstić information content (AvgIpc) is 3.42. The number of imide groups is 1. The number of methoxy groups -OCH3 is 1. The molecule has 0 spiro atoms. The highest BCUT2D eigenvalue weighted by Gasteiger charge is 2.39. The lowest BCUT2D eigenvalue weighted by Gasteiger charge is -2.33. The molecule has 1 unspecified atom stereocenters. The maximum absolute atomic E-state index is 15.5. The normalized spacial score (nSPS) is 20.3. The fourth-order valence-electron chi connectivity index (χ4n) is 6.26. The third kappa shape index (κ3) is 5.92. The number of urea groups is 1. The lowest BCUT2D eigenvalue weighted by molar-refractivity contribution is -0.140. The molecule has 3 aromatic carbocycles. The maximum Gasteiger partial charge on any atom is 0.326 e. The Hall–Kier alpha value is -4.28. The van der Waals surface area contributed by atoms with Gasteiger partial charge in [-0.1, -0.05) is 30.3 Å². The number of benzene rings is 3. The SMILES string of the molecule is COc1cc(-c2cccc(-c3cccc(NC(=O)C4CN(C)C(=O)N(C)C4=O)c3C)c2C)cc(F)c1CN[C@H]1CCC[C@@H]1O. The van der Waals surface area contributed by atoms with Crippen molar-refractivity contribution in [1.82, 2.24) is 15.1 Å². The number of anilines is 1. The molecular weight excluding hydrogens is 563 g/mol. The molecule has 3 atom stereocenters. The third-order valence-electron chi connectivity index (χ3n) is 8.94. The first-order valence-electron chi connectivity index (χ1n) is 14.8. The lowest BCUT2D eigenvalue weighted by atomic mass is 9.90. The van der Waals surface area contributed by atoms with Gasteiger partial charge in [-0.15, -0.1) is 0 Å². The molecule has 5 rings (SSSR count). The first-order chi connectivity index (χ1) is 21.0. The fourth-order valence-corrected chi connectivity index (χ4v) is 6.26. The van der Waals surface area contributed by atoms with Crippen LogP contribution in [-0.2, 0) is 16.1 Å². The van der Waals surface area contributed by atoms with Crippen LogP contribution in [0.25, 0.3) is 22.3 Å². The van der Waals surface area contributed by atoms with E-state index in [0.717, 1.165) is 52.0 Å². The van der Waals surface area contributed by atoms with Crippen molar-refractivity contribution in [3.63, 3.8) is 0 Å². The van der Waals surface area contributed by atoms with Gasteiger partial charge in [-0.25, -0.2) is 9.18 Å². The zero-order valence-corrected chi connectivity index (χ0v) is 25.7. The predicted molar refractivity (Wildman–Crippen MR) is 167 cm³/mol. The van der Waals surface area contributed by atoms with Crippen molar-refractivity contribution < 1.29 is 28.6 Å². The summed E-state index contributed by atoms with van der Waals surface area (Å²) in [5, 5.41) is 16.3. The molecule has 232 valence electrons. The number of ether oxygens (including phenoxy) is 1. The molecule has 2 aliphatic rings. The number of hydrogen-bond acceptors (Lipinski definition) is 6. The van der Waals surface area contributed by atoms with Crippen LogP contribution in [-0.4, -0.2) is 72.6 Å². The second-order valence-corrected chi connectivity index (χ2v) is 11.7. The number of carbonyl (C=O) groups excluding carboxylic acids is 3. The number of aliphatic hydroxyl groups is 1. The largest absolute Gasteiger partial charge is 0.496 e. The minimum atomic E-state index is -1.01. The van der Waals surface area contributed by atoms with Crippen LogP contribution in [0.3, 0.4) is 0 Å². The maximum atomic E-state index is 15.5. The Morgan fingerprint density at radius 1 is 1.02 bits per heavy atom. The molecule has 1 heterocycles. The van der Waals surface area contributed by atoms with Gasteiger partial charge >= 0.3 is 6.03 Å². The first kappa shape index (κ1) is 31.2. The number of rotatable bonds is 8. The Morgan fingerprint density at radius 2 is 1.70 bits per heavy atom. The van der Waals surface area contributed by atoms with Gasteiger partial charge in [0.2, 0.25) is 11.8 Å². The number of amides is 4. The van der Waals surface area contributed by atoms with Crippen LogP contribution in [0.2, 0.25) is 0 Å². The molecule has 9 nitrogen and oxygen atoms in total. The number of halogens is 1. The van der Waals surface area contributed by atoms with Gasteiger partial charge in [0.05, 0.1) is 13.2 Å². The van der Waals surface area contributed by atoms with E-state index in [0.29, 0.717) is 22.6 Å². The van der Waals surface area contributed by atoms with Crippen LogP contribution in [0, 0.1) is 25.6 Å². The van der Waals surface area contributed by atoms with Gasteiger partial charge in [0.1, 0.15) is 17.5 Å². The highest BCUT2D eigenvalue weighted by molar-refractivity contribution is 6.12. The number of nitrogens with zero attached hydrogens (tertiary/aromatic N) is 2. The summed E-state index contributed by atoms with van der Waals surface area (Å²) in [5.74, 6) is -1.99. The van der Waals surface area contributed by atoms with Crippen molar-refractivity contribution in [3.05, 3.63) is 71.0 Å². The van der Waals surface area contributed by atoms with E-state index < -0.39 is 29.9 Å². The molecule has 1 aliphatic heterocycles. The smallest absolute Gasteiger partial charge is 0.326 e. The van der Waals surface area contributed by atoms with E-state index >= 15 is 4.39 Å². The van der Waals surface area contributed by atoms with Crippen molar-refractivity contribution in [2.75, 3.05) is 33.1 Å². The number of carbonyl (C=O) groups is 3. The highest BCUT2D eigenvalue weighted by Crippen LogP contribution is 2.38. The van der Waals surface area contributed by atoms with Crippen molar-refractivity contribution in [2.24, 2.45) is 5.92 Å². The fraction of sp³-hybridized carbons (Fsp3) is 0.382. The monoisotopic (exact) mass is 602 g/mol. The number of nitrogens with one attached hydrogen (secondary N) is 2. The Balaban J connectivity index is 1.42. The van der Waals surface area contributed by atoms with E-state index in [1.165, 1.54) is 25.1 Å². The van der Waals surface area contributed by atoms with Crippen molar-refractivity contribution in [2.45, 2.75) is 51.8 Å². The van der Waals surface area contributed by atoms with Crippen LogP contribution in [0.1, 0.15) is 36.0 Å². The zero-order valence-electron chi connectivity index (χ0n) is 25.7. The van der Waals surface area contributed by atoms with E-state index in [4.69, 9.17) is 4.74 Å². The summed E-state index contributed by atoms with van der Waals surface area (Å²) in [6, 6.07) is 14.2. The van der Waals surface area contributed by atoms with Crippen LogP contribution in [0.4, 0.5) is 14.9 Å². The van der Waals surface area contributed by atoms with E-state index in [1.807, 2.05) is 50.2 Å². The van der Waals surface area contributed by atoms with E-state index in [-0.39, 0.29) is 24.9 Å². The van der Waals surface area contributed by atoms with Gasteiger partial charge in [-0.05, 0) is 84.7 Å². The second kappa shape index (κ2) is 12.8. The summed E-state index contributed by atoms with van der Waals surface area (Å²) in [5.41, 5.74) is 6.00. The molecule has 3 N–H and O–H groups in total.